The third-order valence-electron chi connectivity index (χ3n) is 2.81. The lowest BCUT2D eigenvalue weighted by atomic mass is 10.0. The van der Waals surface area contributed by atoms with E-state index in [9.17, 15) is 39.9 Å². The molecular weight excluding hydrogens is 348 g/mol. The molecule has 1 aromatic rings. The molecule has 0 aromatic heterocycles. The van der Waals surface area contributed by atoms with Gasteiger partial charge in [-0.15, -0.1) is 0 Å². The van der Waals surface area contributed by atoms with Crippen LogP contribution in [0.25, 0.3) is 6.08 Å². The van der Waals surface area contributed by atoms with E-state index >= 15 is 0 Å². The van der Waals surface area contributed by atoms with Crippen LogP contribution in [0.3, 0.4) is 0 Å². The molecule has 0 saturated heterocycles. The van der Waals surface area contributed by atoms with Crippen LogP contribution in [0.5, 0.6) is 0 Å². The molecule has 0 saturated carbocycles. The summed E-state index contributed by atoms with van der Waals surface area (Å²) >= 11 is 0. The van der Waals surface area contributed by atoms with Crippen LogP contribution in [0.4, 0.5) is 35.1 Å². The number of carbonyl (C=O) groups is 1. The van der Waals surface area contributed by atoms with Gasteiger partial charge in [-0.25, -0.2) is 8.78 Å². The standard InChI is InChI=1S/C15H10F8O/c16-12(17)14(20,21)15(22,23)13(18,19)9-8-11(24)7-6-10-4-2-1-3-5-10/h1-9,12H/b7-6+,9-8+. The second-order valence-electron chi connectivity index (χ2n) is 4.60. The van der Waals surface area contributed by atoms with Gasteiger partial charge in [-0.05, 0) is 23.8 Å². The van der Waals surface area contributed by atoms with Gasteiger partial charge >= 0.3 is 24.2 Å². The maximum atomic E-state index is 13.2. The Balaban J connectivity index is 2.91. The molecule has 132 valence electrons. The van der Waals surface area contributed by atoms with Crippen LogP contribution in [0.1, 0.15) is 5.56 Å². The van der Waals surface area contributed by atoms with Crippen LogP contribution in [-0.2, 0) is 4.79 Å². The number of hydrogen-bond donors (Lipinski definition) is 0. The molecule has 0 amide bonds. The summed E-state index contributed by atoms with van der Waals surface area (Å²) in [4.78, 5) is 11.3. The molecule has 0 aliphatic carbocycles. The number of rotatable bonds is 7. The van der Waals surface area contributed by atoms with E-state index in [1.165, 1.54) is 0 Å². The predicted molar refractivity (Wildman–Crippen MR) is 70.5 cm³/mol. The van der Waals surface area contributed by atoms with Crippen molar-refractivity contribution in [2.75, 3.05) is 0 Å². The first kappa shape index (κ1) is 19.9. The zero-order valence-electron chi connectivity index (χ0n) is 11.7. The van der Waals surface area contributed by atoms with Gasteiger partial charge in [-0.1, -0.05) is 36.4 Å². The lowest BCUT2D eigenvalue weighted by molar-refractivity contribution is -0.325. The van der Waals surface area contributed by atoms with Gasteiger partial charge in [0.25, 0.3) is 0 Å². The van der Waals surface area contributed by atoms with E-state index in [1.807, 2.05) is 0 Å². The van der Waals surface area contributed by atoms with Crippen LogP contribution in [-0.4, -0.2) is 30.0 Å². The minimum absolute atomic E-state index is 0.0884. The van der Waals surface area contributed by atoms with E-state index in [1.54, 1.807) is 30.3 Å². The summed E-state index contributed by atoms with van der Waals surface area (Å²) < 4.78 is 101. The Labute approximate surface area is 131 Å². The van der Waals surface area contributed by atoms with Crippen LogP contribution in [0.15, 0.2) is 48.6 Å². The maximum absolute atomic E-state index is 13.2. The molecule has 1 aromatic carbocycles. The fourth-order valence-electron chi connectivity index (χ4n) is 1.45. The molecule has 0 aliphatic rings. The Hall–Kier alpha value is -2.19. The normalized spacial score (nSPS) is 14.0. The van der Waals surface area contributed by atoms with Crippen molar-refractivity contribution in [1.29, 1.82) is 0 Å². The molecule has 0 fully saturated rings. The first-order chi connectivity index (χ1) is 10.9. The molecular formula is C15H10F8O. The smallest absolute Gasteiger partial charge is 0.290 e. The Morgan fingerprint density at radius 2 is 1.46 bits per heavy atom. The summed E-state index contributed by atoms with van der Waals surface area (Å²) in [5, 5.41) is 0. The number of allylic oxidation sites excluding steroid dienone is 3. The summed E-state index contributed by atoms with van der Waals surface area (Å²) in [6.45, 7) is 0. The topological polar surface area (TPSA) is 17.1 Å². The van der Waals surface area contributed by atoms with Crippen molar-refractivity contribution in [2.45, 2.75) is 24.2 Å². The zero-order chi connectivity index (χ0) is 18.6. The maximum Gasteiger partial charge on any atom is 0.381 e. The van der Waals surface area contributed by atoms with Crippen LogP contribution in [0.2, 0.25) is 0 Å². The van der Waals surface area contributed by atoms with Crippen molar-refractivity contribution in [3.05, 3.63) is 54.1 Å². The fourth-order valence-corrected chi connectivity index (χ4v) is 1.45. The summed E-state index contributed by atoms with van der Waals surface area (Å²) in [6, 6.07) is 7.94. The Kier molecular flexibility index (Phi) is 5.91. The molecule has 24 heavy (non-hydrogen) atoms. The number of halogens is 8. The van der Waals surface area contributed by atoms with Gasteiger partial charge in [0.15, 0.2) is 5.78 Å². The largest absolute Gasteiger partial charge is 0.381 e. The average molecular weight is 358 g/mol. The van der Waals surface area contributed by atoms with Gasteiger partial charge in [0.2, 0.25) is 0 Å². The van der Waals surface area contributed by atoms with E-state index in [0.29, 0.717) is 5.56 Å². The Morgan fingerprint density at radius 3 is 1.96 bits per heavy atom. The minimum Gasteiger partial charge on any atom is -0.290 e. The minimum atomic E-state index is -6.37. The van der Waals surface area contributed by atoms with E-state index < -0.39 is 36.1 Å². The average Bonchev–Trinajstić information content (AvgIpc) is 2.51. The third kappa shape index (κ3) is 4.21. The van der Waals surface area contributed by atoms with Gasteiger partial charge in [-0.3, -0.25) is 4.79 Å². The predicted octanol–water partition coefficient (Wildman–Crippen LogP) is 5.00. The highest BCUT2D eigenvalue weighted by atomic mass is 19.4. The lowest BCUT2D eigenvalue weighted by Gasteiger charge is -2.30. The van der Waals surface area contributed by atoms with Crippen molar-refractivity contribution < 1.29 is 39.9 Å². The van der Waals surface area contributed by atoms with E-state index in [4.69, 9.17) is 0 Å². The van der Waals surface area contributed by atoms with Crippen LogP contribution in [0, 0.1) is 0 Å². The second-order valence-corrected chi connectivity index (χ2v) is 4.60. The van der Waals surface area contributed by atoms with Crippen LogP contribution < -0.4 is 0 Å². The molecule has 0 heterocycles. The first-order valence-corrected chi connectivity index (χ1v) is 6.30. The second kappa shape index (κ2) is 7.14. The van der Waals surface area contributed by atoms with E-state index in [0.717, 1.165) is 12.2 Å². The van der Waals surface area contributed by atoms with Crippen molar-refractivity contribution >= 4 is 11.9 Å². The molecule has 0 unspecified atom stereocenters. The molecule has 1 rings (SSSR count). The summed E-state index contributed by atoms with van der Waals surface area (Å²) in [5.74, 6) is -19.5. The Bertz CT molecular complexity index is 620. The molecule has 0 spiro atoms. The van der Waals surface area contributed by atoms with Crippen LogP contribution >= 0.6 is 0 Å². The lowest BCUT2D eigenvalue weighted by Crippen LogP contribution is -2.56. The quantitative estimate of drug-likeness (QED) is 0.495. The summed E-state index contributed by atoms with van der Waals surface area (Å²) in [7, 11) is 0. The first-order valence-electron chi connectivity index (χ1n) is 6.30. The van der Waals surface area contributed by atoms with Gasteiger partial charge in [0.1, 0.15) is 0 Å². The monoisotopic (exact) mass is 358 g/mol. The number of ketones is 1. The molecule has 0 bridgehead atoms. The Morgan fingerprint density at radius 1 is 0.917 bits per heavy atom. The SMILES string of the molecule is O=C(/C=C/c1ccccc1)/C=C/C(F)(F)C(F)(F)C(F)(F)C(F)F. The summed E-state index contributed by atoms with van der Waals surface area (Å²) in [5.41, 5.74) is 0.487. The van der Waals surface area contributed by atoms with Crippen molar-refractivity contribution in [2.24, 2.45) is 0 Å². The molecule has 1 nitrogen and oxygen atoms in total. The van der Waals surface area contributed by atoms with Gasteiger partial charge in [0.05, 0.1) is 0 Å². The van der Waals surface area contributed by atoms with Crippen molar-refractivity contribution in [1.82, 2.24) is 0 Å². The highest BCUT2D eigenvalue weighted by Gasteiger charge is 2.74. The van der Waals surface area contributed by atoms with E-state index in [2.05, 4.69) is 0 Å². The number of benzene rings is 1. The van der Waals surface area contributed by atoms with Gasteiger partial charge < -0.3 is 0 Å². The van der Waals surface area contributed by atoms with Gasteiger partial charge in [-0.2, -0.15) is 26.3 Å². The molecule has 0 aliphatic heterocycles. The fraction of sp³-hybridized carbons (Fsp3) is 0.267. The number of hydrogen-bond acceptors (Lipinski definition) is 1. The zero-order valence-corrected chi connectivity index (χ0v) is 11.7. The van der Waals surface area contributed by atoms with Gasteiger partial charge in [0, 0.05) is 0 Å². The third-order valence-corrected chi connectivity index (χ3v) is 2.81. The highest BCUT2D eigenvalue weighted by Crippen LogP contribution is 2.49. The van der Waals surface area contributed by atoms with E-state index in [-0.39, 0.29) is 6.08 Å². The summed E-state index contributed by atoms with van der Waals surface area (Å²) in [6.07, 6.45) is -4.02. The molecule has 0 N–H and O–H groups in total. The number of alkyl halides is 8. The van der Waals surface area contributed by atoms with Crippen molar-refractivity contribution in [3.8, 4) is 0 Å². The van der Waals surface area contributed by atoms with Crippen molar-refractivity contribution in [3.63, 3.8) is 0 Å². The number of carbonyl (C=O) groups excluding carboxylic acids is 1. The molecule has 0 atom stereocenters. The molecule has 9 heteroatoms. The molecule has 0 radical (unpaired) electrons. The highest BCUT2D eigenvalue weighted by molar-refractivity contribution is 6.02.